The molecule has 3 heterocycles. The van der Waals surface area contributed by atoms with E-state index in [0.717, 1.165) is 29.7 Å². The summed E-state index contributed by atoms with van der Waals surface area (Å²) in [6, 6.07) is 18.4. The van der Waals surface area contributed by atoms with E-state index >= 15 is 0 Å². The van der Waals surface area contributed by atoms with Crippen LogP contribution in [-0.4, -0.2) is 67.5 Å². The summed E-state index contributed by atoms with van der Waals surface area (Å²) in [5.74, 6) is 0.388. The largest absolute Gasteiger partial charge is 0.486 e. The molecule has 1 amide bonds. The number of aryl methyl sites for hydroxylation is 2. The summed E-state index contributed by atoms with van der Waals surface area (Å²) in [6.07, 6.45) is 2.60. The van der Waals surface area contributed by atoms with Gasteiger partial charge >= 0.3 is 0 Å². The van der Waals surface area contributed by atoms with Crippen LogP contribution in [0.25, 0.3) is 0 Å². The summed E-state index contributed by atoms with van der Waals surface area (Å²) in [5.41, 5.74) is 4.08. The van der Waals surface area contributed by atoms with Crippen LogP contribution in [0.1, 0.15) is 51.6 Å². The molecule has 2 saturated heterocycles. The molecule has 0 aliphatic carbocycles. The fraction of sp³-hybridized carbons (Fsp3) is 0.400. The van der Waals surface area contributed by atoms with Gasteiger partial charge in [-0.1, -0.05) is 35.9 Å². The van der Waals surface area contributed by atoms with Gasteiger partial charge in [-0.05, 0) is 68.1 Å². The average Bonchev–Trinajstić information content (AvgIpc) is 3.58. The molecule has 2 aromatic carbocycles. The first-order valence-corrected chi connectivity index (χ1v) is 14.9. The number of sulfonamides is 1. The zero-order valence-electron chi connectivity index (χ0n) is 22.6. The molecule has 2 aliphatic rings. The van der Waals surface area contributed by atoms with Crippen LogP contribution in [0.5, 0.6) is 5.75 Å². The van der Waals surface area contributed by atoms with Crippen molar-refractivity contribution in [3.05, 3.63) is 94.8 Å². The van der Waals surface area contributed by atoms with Gasteiger partial charge in [-0.15, -0.1) is 0 Å². The Bertz CT molecular complexity index is 1430. The standard InChI is InChI=1S/C30H35N3O5S/c1-21-12-13-22(2)25(16-21)30(34)32-18-28(37-3)29(19-32)38-24-9-6-8-23(17-24)20-39(35,36)33-15-7-11-27(33)26-10-4-5-14-31-26/h4-6,8-10,12-14,16-17,27-29H,7,11,15,18-20H2,1-3H3. The van der Waals surface area contributed by atoms with E-state index in [1.54, 1.807) is 40.7 Å². The third kappa shape index (κ3) is 6.00. The van der Waals surface area contributed by atoms with E-state index < -0.39 is 10.0 Å². The molecule has 0 saturated carbocycles. The highest BCUT2D eigenvalue weighted by atomic mass is 32.2. The van der Waals surface area contributed by atoms with E-state index in [1.165, 1.54) is 0 Å². The number of rotatable bonds is 8. The maximum atomic E-state index is 13.4. The molecular formula is C30H35N3O5S. The van der Waals surface area contributed by atoms with Crippen molar-refractivity contribution in [2.75, 3.05) is 26.7 Å². The maximum Gasteiger partial charge on any atom is 0.254 e. The van der Waals surface area contributed by atoms with Crippen LogP contribution in [0.3, 0.4) is 0 Å². The number of pyridine rings is 1. The van der Waals surface area contributed by atoms with E-state index in [2.05, 4.69) is 4.98 Å². The fourth-order valence-electron chi connectivity index (χ4n) is 5.50. The zero-order valence-corrected chi connectivity index (χ0v) is 23.4. The highest BCUT2D eigenvalue weighted by molar-refractivity contribution is 7.88. The minimum atomic E-state index is -3.57. The Labute approximate surface area is 230 Å². The Balaban J connectivity index is 1.28. The van der Waals surface area contributed by atoms with Crippen molar-refractivity contribution in [1.82, 2.24) is 14.2 Å². The van der Waals surface area contributed by atoms with E-state index in [9.17, 15) is 13.2 Å². The van der Waals surface area contributed by atoms with Crippen LogP contribution in [0, 0.1) is 13.8 Å². The molecule has 9 heteroatoms. The molecule has 0 radical (unpaired) electrons. The van der Waals surface area contributed by atoms with Gasteiger partial charge in [0.15, 0.2) is 0 Å². The summed E-state index contributed by atoms with van der Waals surface area (Å²) < 4.78 is 40.4. The predicted octanol–water partition coefficient (Wildman–Crippen LogP) is 4.28. The summed E-state index contributed by atoms with van der Waals surface area (Å²) in [5, 5.41) is 0. The highest BCUT2D eigenvalue weighted by Crippen LogP contribution is 2.34. The van der Waals surface area contributed by atoms with Crippen LogP contribution in [-0.2, 0) is 20.5 Å². The summed E-state index contributed by atoms with van der Waals surface area (Å²) in [4.78, 5) is 19.4. The van der Waals surface area contributed by atoms with Crippen molar-refractivity contribution in [1.29, 1.82) is 0 Å². The first-order chi connectivity index (χ1) is 18.7. The smallest absolute Gasteiger partial charge is 0.254 e. The first kappa shape index (κ1) is 27.3. The SMILES string of the molecule is COC1CN(C(=O)c2cc(C)ccc2C)CC1Oc1cccc(CS(=O)(=O)N2CCCC2c2ccccn2)c1. The quantitative estimate of drug-likeness (QED) is 0.417. The molecule has 0 N–H and O–H groups in total. The third-order valence-electron chi connectivity index (χ3n) is 7.55. The Morgan fingerprint density at radius 3 is 2.62 bits per heavy atom. The lowest BCUT2D eigenvalue weighted by Crippen LogP contribution is -2.32. The summed E-state index contributed by atoms with van der Waals surface area (Å²) in [7, 11) is -1.95. The van der Waals surface area contributed by atoms with Crippen molar-refractivity contribution in [2.45, 2.75) is 50.7 Å². The molecule has 8 nitrogen and oxygen atoms in total. The minimum absolute atomic E-state index is 0.0442. The Kier molecular flexibility index (Phi) is 8.02. The molecule has 3 atom stereocenters. The Morgan fingerprint density at radius 2 is 1.85 bits per heavy atom. The number of hydrogen-bond donors (Lipinski definition) is 0. The van der Waals surface area contributed by atoms with Gasteiger partial charge in [0.1, 0.15) is 18.0 Å². The number of likely N-dealkylation sites (tertiary alicyclic amines) is 1. The second-order valence-electron chi connectivity index (χ2n) is 10.4. The van der Waals surface area contributed by atoms with Crippen molar-refractivity contribution < 1.29 is 22.7 Å². The number of methoxy groups -OCH3 is 1. The van der Waals surface area contributed by atoms with Crippen LogP contribution in [0.15, 0.2) is 66.9 Å². The lowest BCUT2D eigenvalue weighted by molar-refractivity contribution is 0.0339. The van der Waals surface area contributed by atoms with Crippen molar-refractivity contribution >= 4 is 15.9 Å². The van der Waals surface area contributed by atoms with Gasteiger partial charge < -0.3 is 14.4 Å². The molecule has 2 fully saturated rings. The lowest BCUT2D eigenvalue weighted by Gasteiger charge is -2.24. The van der Waals surface area contributed by atoms with Crippen LogP contribution >= 0.6 is 0 Å². The number of aromatic nitrogens is 1. The van der Waals surface area contributed by atoms with Gasteiger partial charge in [-0.25, -0.2) is 8.42 Å². The third-order valence-corrected chi connectivity index (χ3v) is 9.40. The van der Waals surface area contributed by atoms with E-state index in [4.69, 9.17) is 9.47 Å². The topological polar surface area (TPSA) is 89.0 Å². The van der Waals surface area contributed by atoms with Crippen molar-refractivity contribution in [3.8, 4) is 5.75 Å². The molecule has 3 unspecified atom stereocenters. The maximum absolute atomic E-state index is 13.4. The molecule has 1 aromatic heterocycles. The van der Waals surface area contributed by atoms with Gasteiger partial charge in [0, 0.05) is 25.4 Å². The second-order valence-corrected chi connectivity index (χ2v) is 12.3. The molecule has 3 aromatic rings. The van der Waals surface area contributed by atoms with Crippen molar-refractivity contribution in [2.24, 2.45) is 0 Å². The molecule has 2 aliphatic heterocycles. The number of benzene rings is 2. The van der Waals surface area contributed by atoms with Crippen LogP contribution in [0.4, 0.5) is 0 Å². The van der Waals surface area contributed by atoms with Crippen LogP contribution < -0.4 is 4.74 Å². The fourth-order valence-corrected chi connectivity index (χ4v) is 7.28. The highest BCUT2D eigenvalue weighted by Gasteiger charge is 2.38. The molecule has 39 heavy (non-hydrogen) atoms. The molecule has 0 bridgehead atoms. The normalized spacial score (nSPS) is 21.8. The number of amides is 1. The number of ether oxygens (including phenoxy) is 2. The second kappa shape index (κ2) is 11.5. The number of carbonyl (C=O) groups is 1. The van der Waals surface area contributed by atoms with Gasteiger partial charge in [0.25, 0.3) is 5.91 Å². The van der Waals surface area contributed by atoms with Crippen LogP contribution in [0.2, 0.25) is 0 Å². The Hall–Kier alpha value is -3.27. The summed E-state index contributed by atoms with van der Waals surface area (Å²) >= 11 is 0. The molecule has 206 valence electrons. The average molecular weight is 550 g/mol. The van der Waals surface area contributed by atoms with Gasteiger partial charge in [-0.3, -0.25) is 9.78 Å². The molecule has 5 rings (SSSR count). The van der Waals surface area contributed by atoms with E-state index in [0.29, 0.717) is 36.5 Å². The predicted molar refractivity (Wildman–Crippen MR) is 149 cm³/mol. The number of carbonyl (C=O) groups excluding carboxylic acids is 1. The van der Waals surface area contributed by atoms with Crippen molar-refractivity contribution in [3.63, 3.8) is 0 Å². The van der Waals surface area contributed by atoms with E-state index in [-0.39, 0.29) is 29.9 Å². The molecule has 0 spiro atoms. The lowest BCUT2D eigenvalue weighted by atomic mass is 10.0. The number of hydrogen-bond acceptors (Lipinski definition) is 6. The molecular weight excluding hydrogens is 514 g/mol. The van der Waals surface area contributed by atoms with Gasteiger partial charge in [-0.2, -0.15) is 4.31 Å². The Morgan fingerprint density at radius 1 is 1.03 bits per heavy atom. The first-order valence-electron chi connectivity index (χ1n) is 13.3. The van der Waals surface area contributed by atoms with Gasteiger partial charge in [0.05, 0.1) is 30.6 Å². The van der Waals surface area contributed by atoms with Gasteiger partial charge in [0.2, 0.25) is 10.0 Å². The monoisotopic (exact) mass is 549 g/mol. The summed E-state index contributed by atoms with van der Waals surface area (Å²) in [6.45, 7) is 5.20. The minimum Gasteiger partial charge on any atom is -0.486 e. The van der Waals surface area contributed by atoms with E-state index in [1.807, 2.05) is 56.3 Å². The zero-order chi connectivity index (χ0) is 27.6. The number of nitrogens with zero attached hydrogens (tertiary/aromatic N) is 3.